The Balaban J connectivity index is 1.97. The van der Waals surface area contributed by atoms with Crippen LogP contribution in [-0.2, 0) is 4.74 Å². The topological polar surface area (TPSA) is 47.0 Å². The molecular formula is C13H21N3O. The zero-order chi connectivity index (χ0) is 11.9. The number of hydrogen-bond acceptors (Lipinski definition) is 4. The number of aromatic nitrogens is 2. The van der Waals surface area contributed by atoms with Crippen LogP contribution in [-0.4, -0.2) is 29.7 Å². The second-order valence-electron chi connectivity index (χ2n) is 4.64. The van der Waals surface area contributed by atoms with E-state index in [0.717, 1.165) is 32.6 Å². The lowest BCUT2D eigenvalue weighted by atomic mass is 9.95. The van der Waals surface area contributed by atoms with Gasteiger partial charge in [0.05, 0.1) is 0 Å². The van der Waals surface area contributed by atoms with Gasteiger partial charge in [0.2, 0.25) is 0 Å². The van der Waals surface area contributed by atoms with Gasteiger partial charge in [-0.15, -0.1) is 0 Å². The van der Waals surface area contributed by atoms with E-state index >= 15 is 0 Å². The average Bonchev–Trinajstić information content (AvgIpc) is 2.88. The quantitative estimate of drug-likeness (QED) is 0.818. The second kappa shape index (κ2) is 6.67. The third-order valence-corrected chi connectivity index (χ3v) is 3.22. The summed E-state index contributed by atoms with van der Waals surface area (Å²) in [5.41, 5.74) is 1.19. The van der Waals surface area contributed by atoms with Gasteiger partial charge in [0.25, 0.3) is 0 Å². The number of hydrogen-bond donors (Lipinski definition) is 1. The lowest BCUT2D eigenvalue weighted by Crippen LogP contribution is -2.25. The molecule has 4 nitrogen and oxygen atoms in total. The maximum Gasteiger partial charge on any atom is 0.115 e. The van der Waals surface area contributed by atoms with E-state index in [1.54, 1.807) is 6.33 Å². The number of ether oxygens (including phenoxy) is 1. The molecule has 1 aliphatic rings. The van der Waals surface area contributed by atoms with Gasteiger partial charge in [-0.1, -0.05) is 6.92 Å². The molecule has 1 saturated heterocycles. The van der Waals surface area contributed by atoms with Crippen molar-refractivity contribution in [1.29, 1.82) is 0 Å². The summed E-state index contributed by atoms with van der Waals surface area (Å²) >= 11 is 0. The summed E-state index contributed by atoms with van der Waals surface area (Å²) in [6.07, 6.45) is 8.85. The fourth-order valence-corrected chi connectivity index (χ4v) is 2.25. The van der Waals surface area contributed by atoms with E-state index in [0.29, 0.717) is 12.0 Å². The first-order chi connectivity index (χ1) is 8.40. The molecule has 17 heavy (non-hydrogen) atoms. The minimum atomic E-state index is 0.364. The van der Waals surface area contributed by atoms with Crippen LogP contribution in [0.15, 0.2) is 18.7 Å². The normalized spacial score (nSPS) is 21.6. The zero-order valence-corrected chi connectivity index (χ0v) is 10.4. The molecule has 2 atom stereocenters. The van der Waals surface area contributed by atoms with Crippen LogP contribution < -0.4 is 5.32 Å². The molecule has 0 radical (unpaired) electrons. The molecule has 0 spiro atoms. The van der Waals surface area contributed by atoms with Crippen LogP contribution >= 0.6 is 0 Å². The average molecular weight is 235 g/mol. The van der Waals surface area contributed by atoms with Crippen LogP contribution in [0.2, 0.25) is 0 Å². The van der Waals surface area contributed by atoms with Gasteiger partial charge in [-0.05, 0) is 31.7 Å². The summed E-state index contributed by atoms with van der Waals surface area (Å²) in [6.45, 7) is 5.03. The van der Waals surface area contributed by atoms with Crippen molar-refractivity contribution >= 4 is 0 Å². The van der Waals surface area contributed by atoms with Crippen LogP contribution in [0, 0.1) is 5.92 Å². The number of nitrogens with one attached hydrogen (secondary N) is 1. The summed E-state index contributed by atoms with van der Waals surface area (Å²) in [4.78, 5) is 8.21. The Hall–Kier alpha value is -1.00. The molecule has 0 saturated carbocycles. The predicted octanol–water partition coefficient (Wildman–Crippen LogP) is 1.94. The van der Waals surface area contributed by atoms with Crippen molar-refractivity contribution in [2.45, 2.75) is 32.2 Å². The Kier molecular flexibility index (Phi) is 4.88. The Morgan fingerprint density at radius 3 is 2.94 bits per heavy atom. The van der Waals surface area contributed by atoms with Crippen molar-refractivity contribution in [3.05, 3.63) is 24.3 Å². The van der Waals surface area contributed by atoms with Crippen molar-refractivity contribution in [3.63, 3.8) is 0 Å². The van der Waals surface area contributed by atoms with E-state index < -0.39 is 0 Å². The maximum atomic E-state index is 5.44. The Morgan fingerprint density at radius 2 is 2.29 bits per heavy atom. The van der Waals surface area contributed by atoms with E-state index in [4.69, 9.17) is 4.74 Å². The van der Waals surface area contributed by atoms with E-state index in [1.807, 2.05) is 12.4 Å². The summed E-state index contributed by atoms with van der Waals surface area (Å²) < 4.78 is 5.44. The molecule has 1 aliphatic heterocycles. The summed E-state index contributed by atoms with van der Waals surface area (Å²) in [5.74, 6) is 0.671. The van der Waals surface area contributed by atoms with Gasteiger partial charge in [-0.3, -0.25) is 0 Å². The van der Waals surface area contributed by atoms with Gasteiger partial charge in [0.15, 0.2) is 0 Å². The van der Waals surface area contributed by atoms with Gasteiger partial charge in [-0.25, -0.2) is 9.97 Å². The van der Waals surface area contributed by atoms with Gasteiger partial charge >= 0.3 is 0 Å². The lowest BCUT2D eigenvalue weighted by molar-refractivity contribution is 0.181. The molecule has 1 N–H and O–H groups in total. The van der Waals surface area contributed by atoms with Crippen molar-refractivity contribution in [2.24, 2.45) is 5.92 Å². The molecule has 94 valence electrons. The van der Waals surface area contributed by atoms with Gasteiger partial charge in [-0.2, -0.15) is 0 Å². The standard InChI is InChI=1S/C13H21N3O/c1-2-4-16-13(6-11-3-5-17-9-11)12-7-14-10-15-8-12/h7-8,10-11,13,16H,2-6,9H2,1H3. The Labute approximate surface area is 103 Å². The molecule has 0 amide bonds. The second-order valence-corrected chi connectivity index (χ2v) is 4.64. The summed E-state index contributed by atoms with van der Waals surface area (Å²) in [7, 11) is 0. The molecular weight excluding hydrogens is 214 g/mol. The van der Waals surface area contributed by atoms with E-state index in [1.165, 1.54) is 12.0 Å². The largest absolute Gasteiger partial charge is 0.381 e. The van der Waals surface area contributed by atoms with Crippen LogP contribution in [0.25, 0.3) is 0 Å². The highest BCUT2D eigenvalue weighted by Crippen LogP contribution is 2.25. The molecule has 0 aliphatic carbocycles. The maximum absolute atomic E-state index is 5.44. The van der Waals surface area contributed by atoms with Crippen LogP contribution in [0.3, 0.4) is 0 Å². The number of nitrogens with zero attached hydrogens (tertiary/aromatic N) is 2. The molecule has 1 aromatic heterocycles. The third kappa shape index (κ3) is 3.75. The Bertz CT molecular complexity index is 312. The van der Waals surface area contributed by atoms with E-state index in [-0.39, 0.29) is 0 Å². The van der Waals surface area contributed by atoms with Crippen molar-refractivity contribution in [1.82, 2.24) is 15.3 Å². The molecule has 0 bridgehead atoms. The lowest BCUT2D eigenvalue weighted by Gasteiger charge is -2.21. The smallest absolute Gasteiger partial charge is 0.115 e. The van der Waals surface area contributed by atoms with Gasteiger partial charge in [0.1, 0.15) is 6.33 Å². The van der Waals surface area contributed by atoms with Gasteiger partial charge < -0.3 is 10.1 Å². The highest BCUT2D eigenvalue weighted by Gasteiger charge is 2.21. The highest BCUT2D eigenvalue weighted by atomic mass is 16.5. The predicted molar refractivity (Wildman–Crippen MR) is 66.6 cm³/mol. The molecule has 2 heterocycles. The third-order valence-electron chi connectivity index (χ3n) is 3.22. The molecule has 2 rings (SSSR count). The molecule has 2 unspecified atom stereocenters. The van der Waals surface area contributed by atoms with E-state index in [9.17, 15) is 0 Å². The zero-order valence-electron chi connectivity index (χ0n) is 10.4. The summed E-state index contributed by atoms with van der Waals surface area (Å²) in [5, 5.41) is 3.58. The van der Waals surface area contributed by atoms with E-state index in [2.05, 4.69) is 22.2 Å². The monoisotopic (exact) mass is 235 g/mol. The van der Waals surface area contributed by atoms with Crippen molar-refractivity contribution in [3.8, 4) is 0 Å². The highest BCUT2D eigenvalue weighted by molar-refractivity contribution is 5.09. The minimum Gasteiger partial charge on any atom is -0.381 e. The Morgan fingerprint density at radius 1 is 1.47 bits per heavy atom. The first-order valence-corrected chi connectivity index (χ1v) is 6.46. The molecule has 0 aromatic carbocycles. The fourth-order valence-electron chi connectivity index (χ4n) is 2.25. The molecule has 4 heteroatoms. The minimum absolute atomic E-state index is 0.364. The number of rotatable bonds is 6. The molecule has 1 fully saturated rings. The van der Waals surface area contributed by atoms with Crippen LogP contribution in [0.5, 0.6) is 0 Å². The molecule has 1 aromatic rings. The van der Waals surface area contributed by atoms with Crippen LogP contribution in [0.1, 0.15) is 37.8 Å². The first kappa shape index (κ1) is 12.5. The van der Waals surface area contributed by atoms with Crippen molar-refractivity contribution in [2.75, 3.05) is 19.8 Å². The SMILES string of the molecule is CCCNC(CC1CCOC1)c1cncnc1. The van der Waals surface area contributed by atoms with Crippen molar-refractivity contribution < 1.29 is 4.74 Å². The van der Waals surface area contributed by atoms with Crippen LogP contribution in [0.4, 0.5) is 0 Å². The fraction of sp³-hybridized carbons (Fsp3) is 0.692. The summed E-state index contributed by atoms with van der Waals surface area (Å²) in [6, 6.07) is 0.364. The first-order valence-electron chi connectivity index (χ1n) is 6.46. The van der Waals surface area contributed by atoms with Gasteiger partial charge in [0, 0.05) is 37.2 Å².